The van der Waals surface area contributed by atoms with Gasteiger partial charge in [-0.15, -0.1) is 0 Å². The fourth-order valence-corrected chi connectivity index (χ4v) is 3.02. The standard InChI is InChI=1S/C11H25N3O3S/c1-4-12-9-11(10-17-2)13-5-7-14(8-6-13)18(3,15)16/h11-12H,4-10H2,1-3H3. The summed E-state index contributed by atoms with van der Waals surface area (Å²) in [4.78, 5) is 2.30. The molecular weight excluding hydrogens is 254 g/mol. The number of rotatable bonds is 7. The highest BCUT2D eigenvalue weighted by molar-refractivity contribution is 7.88. The van der Waals surface area contributed by atoms with Crippen molar-refractivity contribution in [2.24, 2.45) is 0 Å². The summed E-state index contributed by atoms with van der Waals surface area (Å²) in [7, 11) is -1.34. The van der Waals surface area contributed by atoms with E-state index in [0.717, 1.165) is 26.2 Å². The molecule has 7 heteroatoms. The molecule has 0 aromatic rings. The molecule has 1 fully saturated rings. The van der Waals surface area contributed by atoms with Gasteiger partial charge in [0.05, 0.1) is 12.9 Å². The Morgan fingerprint density at radius 2 is 1.89 bits per heavy atom. The molecule has 6 nitrogen and oxygen atoms in total. The SMILES string of the molecule is CCNCC(COC)N1CCN(S(C)(=O)=O)CC1. The minimum Gasteiger partial charge on any atom is -0.383 e. The molecule has 1 saturated heterocycles. The van der Waals surface area contributed by atoms with Gasteiger partial charge in [-0.2, -0.15) is 4.31 Å². The quantitative estimate of drug-likeness (QED) is 0.660. The zero-order valence-electron chi connectivity index (χ0n) is 11.6. The predicted octanol–water partition coefficient (Wildman–Crippen LogP) is -0.812. The summed E-state index contributed by atoms with van der Waals surface area (Å²) in [5.41, 5.74) is 0. The number of methoxy groups -OCH3 is 1. The molecule has 0 spiro atoms. The van der Waals surface area contributed by atoms with Gasteiger partial charge in [0, 0.05) is 45.9 Å². The van der Waals surface area contributed by atoms with Crippen LogP contribution in [0.1, 0.15) is 6.92 Å². The molecule has 0 bridgehead atoms. The lowest BCUT2D eigenvalue weighted by atomic mass is 10.2. The van der Waals surface area contributed by atoms with Crippen LogP contribution in [0.4, 0.5) is 0 Å². The molecule has 1 unspecified atom stereocenters. The van der Waals surface area contributed by atoms with E-state index in [1.54, 1.807) is 11.4 Å². The Morgan fingerprint density at radius 1 is 1.28 bits per heavy atom. The van der Waals surface area contributed by atoms with Crippen LogP contribution < -0.4 is 5.32 Å². The average Bonchev–Trinajstić information content (AvgIpc) is 2.33. The van der Waals surface area contributed by atoms with Gasteiger partial charge in [-0.05, 0) is 6.54 Å². The van der Waals surface area contributed by atoms with Crippen molar-refractivity contribution >= 4 is 10.0 Å². The normalized spacial score (nSPS) is 21.1. The third kappa shape index (κ3) is 4.81. The highest BCUT2D eigenvalue weighted by Gasteiger charge is 2.27. The van der Waals surface area contributed by atoms with Crippen LogP contribution in [0.25, 0.3) is 0 Å². The molecule has 108 valence electrons. The first-order chi connectivity index (χ1) is 8.49. The second-order valence-corrected chi connectivity index (χ2v) is 6.60. The smallest absolute Gasteiger partial charge is 0.211 e. The zero-order valence-corrected chi connectivity index (χ0v) is 12.4. The minimum absolute atomic E-state index is 0.316. The Bertz CT molecular complexity index is 326. The number of ether oxygens (including phenoxy) is 1. The van der Waals surface area contributed by atoms with Crippen molar-refractivity contribution in [2.75, 3.05) is 59.2 Å². The van der Waals surface area contributed by atoms with Gasteiger partial charge >= 0.3 is 0 Å². The predicted molar refractivity (Wildman–Crippen MR) is 72.2 cm³/mol. The summed E-state index contributed by atoms with van der Waals surface area (Å²) in [6, 6.07) is 0.316. The number of nitrogens with zero attached hydrogens (tertiary/aromatic N) is 2. The van der Waals surface area contributed by atoms with Crippen molar-refractivity contribution in [2.45, 2.75) is 13.0 Å². The van der Waals surface area contributed by atoms with E-state index in [-0.39, 0.29) is 0 Å². The van der Waals surface area contributed by atoms with Gasteiger partial charge in [-0.3, -0.25) is 4.90 Å². The molecule has 0 radical (unpaired) electrons. The van der Waals surface area contributed by atoms with Gasteiger partial charge in [-0.25, -0.2) is 8.42 Å². The van der Waals surface area contributed by atoms with Crippen LogP contribution in [0.15, 0.2) is 0 Å². The van der Waals surface area contributed by atoms with E-state index in [2.05, 4.69) is 17.1 Å². The number of hydrogen-bond acceptors (Lipinski definition) is 5. The fourth-order valence-electron chi connectivity index (χ4n) is 2.20. The van der Waals surface area contributed by atoms with Crippen molar-refractivity contribution in [3.05, 3.63) is 0 Å². The van der Waals surface area contributed by atoms with Gasteiger partial charge < -0.3 is 10.1 Å². The zero-order chi connectivity index (χ0) is 13.6. The van der Waals surface area contributed by atoms with E-state index < -0.39 is 10.0 Å². The largest absolute Gasteiger partial charge is 0.383 e. The summed E-state index contributed by atoms with van der Waals surface area (Å²) in [6.07, 6.45) is 1.27. The van der Waals surface area contributed by atoms with E-state index in [1.165, 1.54) is 6.26 Å². The minimum atomic E-state index is -3.04. The maximum Gasteiger partial charge on any atom is 0.211 e. The molecule has 0 amide bonds. The summed E-state index contributed by atoms with van der Waals surface area (Å²) in [5, 5.41) is 3.32. The first-order valence-corrected chi connectivity index (χ1v) is 8.22. The van der Waals surface area contributed by atoms with Gasteiger partial charge in [0.15, 0.2) is 0 Å². The fraction of sp³-hybridized carbons (Fsp3) is 1.00. The lowest BCUT2D eigenvalue weighted by Crippen LogP contribution is -2.55. The third-order valence-electron chi connectivity index (χ3n) is 3.25. The molecule has 1 aliphatic heterocycles. The first-order valence-electron chi connectivity index (χ1n) is 6.37. The van der Waals surface area contributed by atoms with Gasteiger partial charge in [0.25, 0.3) is 0 Å². The van der Waals surface area contributed by atoms with E-state index in [1.807, 2.05) is 0 Å². The first kappa shape index (κ1) is 15.8. The molecule has 1 heterocycles. The maximum absolute atomic E-state index is 11.4. The Balaban J connectivity index is 2.48. The van der Waals surface area contributed by atoms with Crippen molar-refractivity contribution in [1.82, 2.24) is 14.5 Å². The lowest BCUT2D eigenvalue weighted by Gasteiger charge is -2.38. The molecule has 0 aromatic carbocycles. The van der Waals surface area contributed by atoms with Crippen LogP contribution in [0.3, 0.4) is 0 Å². The van der Waals surface area contributed by atoms with Gasteiger partial charge in [0.1, 0.15) is 0 Å². The summed E-state index contributed by atoms with van der Waals surface area (Å²) in [6.45, 7) is 7.25. The van der Waals surface area contributed by atoms with Crippen molar-refractivity contribution in [3.8, 4) is 0 Å². The van der Waals surface area contributed by atoms with Crippen LogP contribution in [-0.4, -0.2) is 82.9 Å². The molecule has 0 saturated carbocycles. The van der Waals surface area contributed by atoms with Crippen LogP contribution in [0.2, 0.25) is 0 Å². The van der Waals surface area contributed by atoms with Crippen LogP contribution in [-0.2, 0) is 14.8 Å². The molecular formula is C11H25N3O3S. The third-order valence-corrected chi connectivity index (χ3v) is 4.55. The number of nitrogens with one attached hydrogen (secondary N) is 1. The lowest BCUT2D eigenvalue weighted by molar-refractivity contribution is 0.0678. The number of sulfonamides is 1. The molecule has 1 aliphatic rings. The maximum atomic E-state index is 11.4. The molecule has 1 rings (SSSR count). The van der Waals surface area contributed by atoms with Crippen molar-refractivity contribution < 1.29 is 13.2 Å². The highest BCUT2D eigenvalue weighted by Crippen LogP contribution is 2.09. The monoisotopic (exact) mass is 279 g/mol. The average molecular weight is 279 g/mol. The Morgan fingerprint density at radius 3 is 2.33 bits per heavy atom. The van der Waals surface area contributed by atoms with Crippen LogP contribution in [0.5, 0.6) is 0 Å². The summed E-state index contributed by atoms with van der Waals surface area (Å²) in [5.74, 6) is 0. The van der Waals surface area contributed by atoms with E-state index in [4.69, 9.17) is 4.74 Å². The van der Waals surface area contributed by atoms with Crippen LogP contribution in [0, 0.1) is 0 Å². The Hall–Kier alpha value is -0.210. The second-order valence-electron chi connectivity index (χ2n) is 4.61. The highest BCUT2D eigenvalue weighted by atomic mass is 32.2. The topological polar surface area (TPSA) is 61.9 Å². The molecule has 0 aromatic heterocycles. The molecule has 0 aliphatic carbocycles. The van der Waals surface area contributed by atoms with Gasteiger partial charge in [-0.1, -0.05) is 6.92 Å². The van der Waals surface area contributed by atoms with E-state index in [0.29, 0.717) is 25.7 Å². The van der Waals surface area contributed by atoms with Crippen LogP contribution >= 0.6 is 0 Å². The Labute approximate surface area is 110 Å². The summed E-state index contributed by atoms with van der Waals surface area (Å²) >= 11 is 0. The van der Waals surface area contributed by atoms with Gasteiger partial charge in [0.2, 0.25) is 10.0 Å². The van der Waals surface area contributed by atoms with E-state index in [9.17, 15) is 8.42 Å². The number of likely N-dealkylation sites (N-methyl/N-ethyl adjacent to an activating group) is 1. The molecule has 1 atom stereocenters. The second kappa shape index (κ2) is 7.40. The number of hydrogen-bond donors (Lipinski definition) is 1. The van der Waals surface area contributed by atoms with E-state index >= 15 is 0 Å². The molecule has 1 N–H and O–H groups in total. The van der Waals surface area contributed by atoms with Crippen molar-refractivity contribution in [1.29, 1.82) is 0 Å². The molecule has 18 heavy (non-hydrogen) atoms. The summed E-state index contributed by atoms with van der Waals surface area (Å²) < 4.78 is 29.6. The van der Waals surface area contributed by atoms with Crippen molar-refractivity contribution in [3.63, 3.8) is 0 Å². The Kier molecular flexibility index (Phi) is 6.51. The number of piperazine rings is 1.